The van der Waals surface area contributed by atoms with E-state index in [1.54, 1.807) is 0 Å². The maximum atomic E-state index is 12.4. The van der Waals surface area contributed by atoms with Crippen molar-refractivity contribution in [1.29, 1.82) is 0 Å². The normalized spacial score (nSPS) is 13.8. The molecule has 0 saturated heterocycles. The van der Waals surface area contributed by atoms with Crippen LogP contribution in [0.3, 0.4) is 0 Å². The van der Waals surface area contributed by atoms with E-state index in [2.05, 4.69) is 16.6 Å². The van der Waals surface area contributed by atoms with Crippen molar-refractivity contribution in [3.05, 3.63) is 71.8 Å². The molecule has 0 radical (unpaired) electrons. The first kappa shape index (κ1) is 16.5. The van der Waals surface area contributed by atoms with Gasteiger partial charge in [0.25, 0.3) is 0 Å². The molecule has 0 heterocycles. The van der Waals surface area contributed by atoms with Crippen LogP contribution < -0.4 is 4.72 Å². The van der Waals surface area contributed by atoms with Gasteiger partial charge in [-0.15, -0.1) is 0 Å². The zero-order valence-corrected chi connectivity index (χ0v) is 14.0. The standard InChI is InChI=1S/C19H21NOS/c1-19(2,3)22(21)20-18(17-12-8-5-9-13-17)15-14-16-10-6-4-7-11-16/h4-13,18,20H,1-3H3. The molecule has 2 aromatic carbocycles. The molecule has 0 amide bonds. The van der Waals surface area contributed by atoms with E-state index in [0.717, 1.165) is 11.1 Å². The Hall–Kier alpha value is -1.89. The van der Waals surface area contributed by atoms with Gasteiger partial charge in [0.1, 0.15) is 6.04 Å². The van der Waals surface area contributed by atoms with Gasteiger partial charge in [-0.2, -0.15) is 0 Å². The van der Waals surface area contributed by atoms with Crippen molar-refractivity contribution in [2.45, 2.75) is 31.6 Å². The summed E-state index contributed by atoms with van der Waals surface area (Å²) in [6.07, 6.45) is 0. The minimum atomic E-state index is -1.18. The van der Waals surface area contributed by atoms with Gasteiger partial charge in [-0.25, -0.2) is 8.93 Å². The lowest BCUT2D eigenvalue weighted by Gasteiger charge is -2.21. The van der Waals surface area contributed by atoms with Crippen molar-refractivity contribution in [1.82, 2.24) is 4.72 Å². The summed E-state index contributed by atoms with van der Waals surface area (Å²) in [6, 6.07) is 19.5. The van der Waals surface area contributed by atoms with Crippen LogP contribution in [0.2, 0.25) is 0 Å². The number of rotatable bonds is 3. The summed E-state index contributed by atoms with van der Waals surface area (Å²) in [5.41, 5.74) is 1.97. The Kier molecular flexibility index (Phi) is 5.54. The highest BCUT2D eigenvalue weighted by molar-refractivity contribution is 7.84. The average Bonchev–Trinajstić information content (AvgIpc) is 2.52. The van der Waals surface area contributed by atoms with Crippen LogP contribution in [0.15, 0.2) is 60.7 Å². The predicted molar refractivity (Wildman–Crippen MR) is 93.5 cm³/mol. The highest BCUT2D eigenvalue weighted by atomic mass is 32.2. The summed E-state index contributed by atoms with van der Waals surface area (Å²) in [7, 11) is -1.18. The van der Waals surface area contributed by atoms with Crippen LogP contribution in [0.5, 0.6) is 0 Å². The lowest BCUT2D eigenvalue weighted by Crippen LogP contribution is -2.35. The van der Waals surface area contributed by atoms with Gasteiger partial charge in [-0.3, -0.25) is 0 Å². The molecule has 2 rings (SSSR count). The molecule has 2 aromatic rings. The van der Waals surface area contributed by atoms with E-state index in [0.29, 0.717) is 0 Å². The maximum Gasteiger partial charge on any atom is 0.106 e. The van der Waals surface area contributed by atoms with Gasteiger partial charge in [-0.05, 0) is 38.5 Å². The quantitative estimate of drug-likeness (QED) is 0.858. The molecule has 1 N–H and O–H groups in total. The Morgan fingerprint density at radius 1 is 0.955 bits per heavy atom. The molecule has 0 aliphatic carbocycles. The van der Waals surface area contributed by atoms with Crippen LogP contribution in [0.4, 0.5) is 0 Å². The minimum absolute atomic E-state index is 0.263. The van der Waals surface area contributed by atoms with E-state index in [-0.39, 0.29) is 10.8 Å². The molecule has 0 bridgehead atoms. The molecule has 3 heteroatoms. The van der Waals surface area contributed by atoms with Crippen LogP contribution in [-0.4, -0.2) is 8.96 Å². The fourth-order valence-corrected chi connectivity index (χ4v) is 2.55. The third kappa shape index (κ3) is 4.84. The number of hydrogen-bond donors (Lipinski definition) is 1. The monoisotopic (exact) mass is 311 g/mol. The van der Waals surface area contributed by atoms with E-state index in [9.17, 15) is 4.21 Å². The molecule has 0 spiro atoms. The SMILES string of the molecule is CC(C)(C)S(=O)NC(C#Cc1ccccc1)c1ccccc1. The van der Waals surface area contributed by atoms with Gasteiger partial charge < -0.3 is 0 Å². The molecule has 2 atom stereocenters. The van der Waals surface area contributed by atoms with Crippen LogP contribution in [-0.2, 0) is 11.0 Å². The number of hydrogen-bond acceptors (Lipinski definition) is 1. The van der Waals surface area contributed by atoms with E-state index in [1.807, 2.05) is 81.4 Å². The van der Waals surface area contributed by atoms with Crippen molar-refractivity contribution >= 4 is 11.0 Å². The molecule has 0 saturated carbocycles. The van der Waals surface area contributed by atoms with Crippen LogP contribution in [0.1, 0.15) is 37.9 Å². The summed E-state index contributed by atoms with van der Waals surface area (Å²) in [5, 5.41) is 0. The lowest BCUT2D eigenvalue weighted by atomic mass is 10.1. The third-order valence-electron chi connectivity index (χ3n) is 3.05. The fraction of sp³-hybridized carbons (Fsp3) is 0.263. The highest BCUT2D eigenvalue weighted by Gasteiger charge is 2.22. The Labute approximate surface area is 135 Å². The molecule has 0 aliphatic heterocycles. The first-order valence-corrected chi connectivity index (χ1v) is 8.41. The van der Waals surface area contributed by atoms with E-state index in [4.69, 9.17) is 0 Å². The maximum absolute atomic E-state index is 12.4. The van der Waals surface area contributed by atoms with Crippen LogP contribution >= 0.6 is 0 Å². The van der Waals surface area contributed by atoms with E-state index in [1.165, 1.54) is 0 Å². The first-order chi connectivity index (χ1) is 10.5. The van der Waals surface area contributed by atoms with Crippen molar-refractivity contribution < 1.29 is 4.21 Å². The van der Waals surface area contributed by atoms with Gasteiger partial charge in [0.05, 0.1) is 15.7 Å². The van der Waals surface area contributed by atoms with Crippen molar-refractivity contribution in [2.24, 2.45) is 0 Å². The summed E-state index contributed by atoms with van der Waals surface area (Å²) in [4.78, 5) is 0. The Bertz CT molecular complexity index is 678. The molecule has 0 fully saturated rings. The number of nitrogens with one attached hydrogen (secondary N) is 1. The molecular weight excluding hydrogens is 290 g/mol. The van der Waals surface area contributed by atoms with Crippen LogP contribution in [0, 0.1) is 11.8 Å². The van der Waals surface area contributed by atoms with Gasteiger partial charge in [0, 0.05) is 5.56 Å². The fourth-order valence-electron chi connectivity index (χ4n) is 1.79. The largest absolute Gasteiger partial charge is 0.242 e. The second-order valence-electron chi connectivity index (χ2n) is 5.98. The predicted octanol–water partition coefficient (Wildman–Crippen LogP) is 3.83. The summed E-state index contributed by atoms with van der Waals surface area (Å²) in [5.74, 6) is 6.35. The topological polar surface area (TPSA) is 29.1 Å². The Morgan fingerprint density at radius 2 is 1.50 bits per heavy atom. The molecule has 22 heavy (non-hydrogen) atoms. The molecule has 114 valence electrons. The summed E-state index contributed by atoms with van der Waals surface area (Å²) < 4.78 is 15.2. The molecule has 0 aromatic heterocycles. The molecule has 0 aliphatic rings. The number of benzene rings is 2. The zero-order valence-electron chi connectivity index (χ0n) is 13.2. The summed E-state index contributed by atoms with van der Waals surface area (Å²) >= 11 is 0. The smallest absolute Gasteiger partial charge is 0.106 e. The average molecular weight is 311 g/mol. The van der Waals surface area contributed by atoms with E-state index >= 15 is 0 Å². The third-order valence-corrected chi connectivity index (χ3v) is 4.61. The van der Waals surface area contributed by atoms with Gasteiger partial charge in [-0.1, -0.05) is 60.4 Å². The second-order valence-corrected chi connectivity index (χ2v) is 7.98. The Balaban J connectivity index is 2.27. The van der Waals surface area contributed by atoms with Crippen LogP contribution in [0.25, 0.3) is 0 Å². The lowest BCUT2D eigenvalue weighted by molar-refractivity contribution is 0.629. The van der Waals surface area contributed by atoms with Gasteiger partial charge in [0.2, 0.25) is 0 Å². The molecular formula is C19H21NOS. The highest BCUT2D eigenvalue weighted by Crippen LogP contribution is 2.17. The molecule has 2 unspecified atom stereocenters. The van der Waals surface area contributed by atoms with Gasteiger partial charge in [0.15, 0.2) is 0 Å². The molecule has 2 nitrogen and oxygen atoms in total. The summed E-state index contributed by atoms with van der Waals surface area (Å²) in [6.45, 7) is 5.84. The zero-order chi connectivity index (χ0) is 16.0. The Morgan fingerprint density at radius 3 is 2.05 bits per heavy atom. The van der Waals surface area contributed by atoms with Gasteiger partial charge >= 0.3 is 0 Å². The second kappa shape index (κ2) is 7.40. The van der Waals surface area contributed by atoms with Crippen molar-refractivity contribution in [3.63, 3.8) is 0 Å². The first-order valence-electron chi connectivity index (χ1n) is 7.26. The minimum Gasteiger partial charge on any atom is -0.242 e. The van der Waals surface area contributed by atoms with E-state index < -0.39 is 11.0 Å². The van der Waals surface area contributed by atoms with Crippen molar-refractivity contribution in [3.8, 4) is 11.8 Å². The van der Waals surface area contributed by atoms with Crippen molar-refractivity contribution in [2.75, 3.05) is 0 Å².